The number of amides is 1. The van der Waals surface area contributed by atoms with Crippen molar-refractivity contribution < 1.29 is 19.1 Å². The van der Waals surface area contributed by atoms with Crippen LogP contribution in [0.25, 0.3) is 10.4 Å². The smallest absolute Gasteiger partial charge is 0.261 e. The van der Waals surface area contributed by atoms with E-state index >= 15 is 0 Å². The summed E-state index contributed by atoms with van der Waals surface area (Å²) in [6.07, 6.45) is 6.09. The molecule has 186 valence electrons. The molecule has 3 fully saturated rings. The van der Waals surface area contributed by atoms with Crippen molar-refractivity contribution in [2.75, 3.05) is 13.2 Å². The molecule has 0 bridgehead atoms. The van der Waals surface area contributed by atoms with Gasteiger partial charge in [-0.25, -0.2) is 0 Å². The molecule has 2 aliphatic heterocycles. The zero-order valence-corrected chi connectivity index (χ0v) is 21.5. The topological polar surface area (TPSA) is 88.6 Å². The van der Waals surface area contributed by atoms with Crippen molar-refractivity contribution >= 4 is 40.9 Å². The van der Waals surface area contributed by atoms with Gasteiger partial charge in [0.2, 0.25) is 0 Å². The summed E-state index contributed by atoms with van der Waals surface area (Å²) in [6.45, 7) is 4.60. The maximum atomic E-state index is 13.2. The zero-order chi connectivity index (χ0) is 24.7. The molecule has 1 N–H and O–H groups in total. The van der Waals surface area contributed by atoms with Gasteiger partial charge in [-0.15, -0.1) is 22.9 Å². The molecule has 1 aliphatic carbocycles. The van der Waals surface area contributed by atoms with Gasteiger partial charge in [0, 0.05) is 35.3 Å². The van der Waals surface area contributed by atoms with E-state index in [2.05, 4.69) is 15.2 Å². The third kappa shape index (κ3) is 4.69. The molecule has 6 atom stereocenters. The van der Waals surface area contributed by atoms with Crippen LogP contribution in [-0.4, -0.2) is 70.6 Å². The molecule has 2 aromatic heterocycles. The summed E-state index contributed by atoms with van der Waals surface area (Å²) in [7, 11) is 0. The minimum atomic E-state index is -0.631. The van der Waals surface area contributed by atoms with E-state index in [1.54, 1.807) is 0 Å². The van der Waals surface area contributed by atoms with Crippen LogP contribution in [0.2, 0.25) is 0 Å². The number of fused-ring (bicyclic) bond motifs is 1. The maximum absolute atomic E-state index is 13.2. The monoisotopic (exact) mass is 515 g/mol. The van der Waals surface area contributed by atoms with Crippen LogP contribution >= 0.6 is 22.9 Å². The van der Waals surface area contributed by atoms with Crippen molar-refractivity contribution in [3.8, 4) is 10.4 Å². The van der Waals surface area contributed by atoms with E-state index in [0.29, 0.717) is 11.4 Å². The van der Waals surface area contributed by atoms with E-state index in [0.717, 1.165) is 53.7 Å². The van der Waals surface area contributed by atoms with Gasteiger partial charge in [-0.1, -0.05) is 12.8 Å². The zero-order valence-electron chi connectivity index (χ0n) is 19.9. The molecular formula is C26H30ClN3O4S. The number of hydrogen-bond acceptors (Lipinski definition) is 7. The summed E-state index contributed by atoms with van der Waals surface area (Å²) >= 11 is 7.94. The highest BCUT2D eigenvalue weighted by Gasteiger charge is 2.53. The molecule has 5 rings (SSSR count). The highest BCUT2D eigenvalue weighted by atomic mass is 35.5. The molecule has 3 aliphatic rings. The largest absolute Gasteiger partial charge is 0.367 e. The Morgan fingerprint density at radius 2 is 2.11 bits per heavy atom. The first-order valence-corrected chi connectivity index (χ1v) is 13.5. The van der Waals surface area contributed by atoms with E-state index in [1.807, 2.05) is 38.2 Å². The molecule has 0 spiro atoms. The number of carbonyl (C=O) groups is 3. The Labute approximate surface area is 214 Å². The number of aldehydes is 1. The lowest BCUT2D eigenvalue weighted by Gasteiger charge is -2.42. The molecule has 0 radical (unpaired) electrons. The molecule has 0 aromatic carbocycles. The number of rotatable bonds is 6. The average Bonchev–Trinajstić information content (AvgIpc) is 3.57. The predicted octanol–water partition coefficient (Wildman–Crippen LogP) is 3.54. The lowest BCUT2D eigenvalue weighted by atomic mass is 9.78. The normalized spacial score (nSPS) is 29.7. The Morgan fingerprint density at radius 3 is 2.91 bits per heavy atom. The number of hydrogen-bond donors (Lipinski definition) is 1. The highest BCUT2D eigenvalue weighted by Crippen LogP contribution is 2.39. The van der Waals surface area contributed by atoms with Gasteiger partial charge < -0.3 is 14.8 Å². The number of carbonyl (C=O) groups excluding carboxylic acids is 3. The van der Waals surface area contributed by atoms with Gasteiger partial charge in [-0.05, 0) is 56.0 Å². The Morgan fingerprint density at radius 1 is 1.31 bits per heavy atom. The standard InChI is InChI=1S/C26H30ClN3O4S/c1-14-10-28-15(2)9-17(14)22-7-8-23(35-22)26(33)29-19(12-31)16-5-3-4-6-20(16)30-11-18(27)25-24(30)21(32)13-34-25/h7-10,12,16,18-20,24-25H,3-6,11,13H2,1-2H3,(H,29,33)/t16?,18-,19?,20-,24+,25+/m0/s1. The summed E-state index contributed by atoms with van der Waals surface area (Å²) in [5.74, 6) is -0.270. The average molecular weight is 516 g/mol. The van der Waals surface area contributed by atoms with Crippen LogP contribution in [0.15, 0.2) is 24.4 Å². The number of aromatic nitrogens is 1. The van der Waals surface area contributed by atoms with Crippen LogP contribution in [0.3, 0.4) is 0 Å². The van der Waals surface area contributed by atoms with Gasteiger partial charge in [-0.2, -0.15) is 0 Å². The molecular weight excluding hydrogens is 486 g/mol. The van der Waals surface area contributed by atoms with Crippen molar-refractivity contribution in [1.82, 2.24) is 15.2 Å². The third-order valence-corrected chi connectivity index (χ3v) is 9.11. The minimum absolute atomic E-state index is 0.00231. The Bertz CT molecular complexity index is 1140. The first kappa shape index (κ1) is 24.6. The van der Waals surface area contributed by atoms with E-state index < -0.39 is 6.04 Å². The lowest BCUT2D eigenvalue weighted by Crippen LogP contribution is -2.55. The van der Waals surface area contributed by atoms with Crippen LogP contribution in [0.4, 0.5) is 0 Å². The second kappa shape index (κ2) is 10.1. The first-order chi connectivity index (χ1) is 16.9. The lowest BCUT2D eigenvalue weighted by molar-refractivity contribution is -0.122. The van der Waals surface area contributed by atoms with Gasteiger partial charge in [0.15, 0.2) is 5.78 Å². The van der Waals surface area contributed by atoms with Crippen LogP contribution in [0, 0.1) is 19.8 Å². The van der Waals surface area contributed by atoms with E-state index in [4.69, 9.17) is 16.3 Å². The second-order valence-electron chi connectivity index (χ2n) is 9.86. The second-order valence-corrected chi connectivity index (χ2v) is 11.5. The van der Waals surface area contributed by atoms with E-state index in [9.17, 15) is 14.4 Å². The number of pyridine rings is 1. The van der Waals surface area contributed by atoms with Crippen LogP contribution in [0.5, 0.6) is 0 Å². The van der Waals surface area contributed by atoms with Crippen molar-refractivity contribution in [2.24, 2.45) is 5.92 Å². The summed E-state index contributed by atoms with van der Waals surface area (Å²) in [4.78, 5) is 46.0. The number of thiophene rings is 1. The number of Topliss-reactive ketones (excluding diaryl/α,β-unsaturated/α-hetero) is 1. The predicted molar refractivity (Wildman–Crippen MR) is 135 cm³/mol. The van der Waals surface area contributed by atoms with E-state index in [1.165, 1.54) is 11.3 Å². The Balaban J connectivity index is 1.33. The molecule has 7 nitrogen and oxygen atoms in total. The SMILES string of the molecule is Cc1cc(-c2ccc(C(=O)NC(C=O)C3CCCC[C@@H]3N3C[C@H](Cl)[C@H]4OCC(=O)[C@H]43)s2)c(C)cn1. The van der Waals surface area contributed by atoms with Crippen molar-refractivity contribution in [2.45, 2.75) is 69.1 Å². The Kier molecular flexibility index (Phi) is 7.08. The fourth-order valence-corrected chi connectivity index (χ4v) is 7.27. The minimum Gasteiger partial charge on any atom is -0.367 e. The molecule has 4 heterocycles. The third-order valence-electron chi connectivity index (χ3n) is 7.61. The Hall–Kier alpha value is -2.13. The molecule has 2 aromatic rings. The number of alkyl halides is 1. The summed E-state index contributed by atoms with van der Waals surface area (Å²) in [5, 5.41) is 2.75. The molecule has 2 saturated heterocycles. The fourth-order valence-electron chi connectivity index (χ4n) is 5.91. The summed E-state index contributed by atoms with van der Waals surface area (Å²) < 4.78 is 5.66. The number of ketones is 1. The number of aryl methyl sites for hydroxylation is 2. The van der Waals surface area contributed by atoms with Gasteiger partial charge in [0.1, 0.15) is 12.9 Å². The number of nitrogens with zero attached hydrogens (tertiary/aromatic N) is 2. The summed E-state index contributed by atoms with van der Waals surface area (Å²) in [6, 6.07) is 4.79. The van der Waals surface area contributed by atoms with Gasteiger partial charge in [0.25, 0.3) is 5.91 Å². The van der Waals surface area contributed by atoms with Gasteiger partial charge in [-0.3, -0.25) is 19.5 Å². The number of ether oxygens (including phenoxy) is 1. The first-order valence-electron chi connectivity index (χ1n) is 12.2. The van der Waals surface area contributed by atoms with Crippen molar-refractivity contribution in [1.29, 1.82) is 0 Å². The fraction of sp³-hybridized carbons (Fsp3) is 0.538. The molecule has 35 heavy (non-hydrogen) atoms. The number of nitrogens with one attached hydrogen (secondary N) is 1. The number of halogens is 1. The van der Waals surface area contributed by atoms with Crippen molar-refractivity contribution in [3.63, 3.8) is 0 Å². The molecule has 1 amide bonds. The summed E-state index contributed by atoms with van der Waals surface area (Å²) in [5.41, 5.74) is 3.03. The van der Waals surface area contributed by atoms with Crippen LogP contribution < -0.4 is 5.32 Å². The molecule has 1 saturated carbocycles. The maximum Gasteiger partial charge on any atom is 0.261 e. The van der Waals surface area contributed by atoms with Crippen molar-refractivity contribution in [3.05, 3.63) is 40.5 Å². The van der Waals surface area contributed by atoms with Gasteiger partial charge in [0.05, 0.1) is 28.4 Å². The quantitative estimate of drug-likeness (QED) is 0.467. The van der Waals surface area contributed by atoms with Crippen LogP contribution in [-0.2, 0) is 14.3 Å². The highest BCUT2D eigenvalue weighted by molar-refractivity contribution is 7.17. The van der Waals surface area contributed by atoms with E-state index in [-0.39, 0.29) is 47.8 Å². The number of likely N-dealkylation sites (tertiary alicyclic amines) is 1. The molecule has 9 heteroatoms. The van der Waals surface area contributed by atoms with Gasteiger partial charge >= 0.3 is 0 Å². The van der Waals surface area contributed by atoms with Crippen LogP contribution in [0.1, 0.15) is 46.6 Å². The molecule has 2 unspecified atom stereocenters.